The van der Waals surface area contributed by atoms with Gasteiger partial charge in [0.2, 0.25) is 0 Å². The maximum absolute atomic E-state index is 2.54. The third-order valence-electron chi connectivity index (χ3n) is 2.14. The molecular weight excluding hydrogens is 196 g/mol. The first-order valence-electron chi connectivity index (χ1n) is 7.24. The average Bonchev–Trinajstić information content (AvgIpc) is 2.40. The highest BCUT2D eigenvalue weighted by Crippen LogP contribution is 1.98. The van der Waals surface area contributed by atoms with Crippen LogP contribution in [-0.4, -0.2) is 49.6 Å². The Morgan fingerprint density at radius 1 is 0.750 bits per heavy atom. The molecule has 1 aliphatic heterocycles. The lowest BCUT2D eigenvalue weighted by atomic mass is 10.3. The Labute approximate surface area is 105 Å². The summed E-state index contributed by atoms with van der Waals surface area (Å²) in [4.78, 5) is 4.94. The van der Waals surface area contributed by atoms with Crippen molar-refractivity contribution in [2.45, 2.75) is 54.9 Å². The highest BCUT2D eigenvalue weighted by Gasteiger charge is 2.11. The zero-order valence-corrected chi connectivity index (χ0v) is 13.1. The van der Waals surface area contributed by atoms with Crippen LogP contribution in [0, 0.1) is 0 Å². The SMILES string of the molecule is CC.CC.CC.CCCN1CCN(C)CC1. The topological polar surface area (TPSA) is 6.48 Å². The molecule has 1 fully saturated rings. The van der Waals surface area contributed by atoms with Gasteiger partial charge in [-0.2, -0.15) is 0 Å². The van der Waals surface area contributed by atoms with Gasteiger partial charge in [0.1, 0.15) is 0 Å². The number of hydrogen-bond acceptors (Lipinski definition) is 2. The molecule has 0 aliphatic carbocycles. The molecule has 0 aromatic heterocycles. The van der Waals surface area contributed by atoms with Crippen LogP contribution in [0.4, 0.5) is 0 Å². The Bertz CT molecular complexity index is 86.7. The van der Waals surface area contributed by atoms with Gasteiger partial charge in [-0.15, -0.1) is 0 Å². The van der Waals surface area contributed by atoms with Gasteiger partial charge in [0.05, 0.1) is 0 Å². The third kappa shape index (κ3) is 13.9. The molecule has 1 aliphatic rings. The van der Waals surface area contributed by atoms with Crippen LogP contribution in [0.15, 0.2) is 0 Å². The van der Waals surface area contributed by atoms with Crippen LogP contribution in [0.5, 0.6) is 0 Å². The van der Waals surface area contributed by atoms with E-state index in [4.69, 9.17) is 0 Å². The average molecular weight is 232 g/mol. The summed E-state index contributed by atoms with van der Waals surface area (Å²) in [6.07, 6.45) is 1.30. The minimum atomic E-state index is 1.25. The molecular formula is C14H36N2. The van der Waals surface area contributed by atoms with Crippen LogP contribution in [0.1, 0.15) is 54.9 Å². The number of hydrogen-bond donors (Lipinski definition) is 0. The van der Waals surface area contributed by atoms with Crippen molar-refractivity contribution in [1.82, 2.24) is 9.80 Å². The van der Waals surface area contributed by atoms with E-state index in [0.29, 0.717) is 0 Å². The van der Waals surface area contributed by atoms with Gasteiger partial charge in [-0.1, -0.05) is 48.5 Å². The van der Waals surface area contributed by atoms with E-state index >= 15 is 0 Å². The maximum Gasteiger partial charge on any atom is 0.0110 e. The summed E-state index contributed by atoms with van der Waals surface area (Å²) in [6.45, 7) is 20.6. The lowest BCUT2D eigenvalue weighted by Crippen LogP contribution is -2.44. The molecule has 102 valence electrons. The first kappa shape index (κ1) is 21.2. The lowest BCUT2D eigenvalue weighted by molar-refractivity contribution is 0.154. The highest BCUT2D eigenvalue weighted by atomic mass is 15.2. The third-order valence-corrected chi connectivity index (χ3v) is 2.14. The molecule has 1 heterocycles. The van der Waals surface area contributed by atoms with E-state index < -0.39 is 0 Å². The molecule has 1 saturated heterocycles. The Hall–Kier alpha value is -0.0800. The van der Waals surface area contributed by atoms with Crippen molar-refractivity contribution in [2.75, 3.05) is 39.8 Å². The summed E-state index contributed by atoms with van der Waals surface area (Å²) in [7, 11) is 2.20. The first-order chi connectivity index (χ1) is 7.83. The molecule has 16 heavy (non-hydrogen) atoms. The molecule has 1 rings (SSSR count). The van der Waals surface area contributed by atoms with Gasteiger partial charge in [-0.3, -0.25) is 0 Å². The second kappa shape index (κ2) is 20.3. The van der Waals surface area contributed by atoms with E-state index in [1.54, 1.807) is 0 Å². The summed E-state index contributed by atoms with van der Waals surface area (Å²) in [5.74, 6) is 0. The Morgan fingerprint density at radius 2 is 1.12 bits per heavy atom. The van der Waals surface area contributed by atoms with Gasteiger partial charge in [0.15, 0.2) is 0 Å². The molecule has 0 saturated carbocycles. The van der Waals surface area contributed by atoms with Crippen molar-refractivity contribution in [3.8, 4) is 0 Å². The number of rotatable bonds is 2. The normalized spacial score (nSPS) is 15.8. The maximum atomic E-state index is 2.54. The Kier molecular flexibility index (Phi) is 27.0. The van der Waals surface area contributed by atoms with Gasteiger partial charge in [-0.25, -0.2) is 0 Å². The van der Waals surface area contributed by atoms with Gasteiger partial charge >= 0.3 is 0 Å². The Balaban J connectivity index is -0.000000245. The molecule has 0 radical (unpaired) electrons. The first-order valence-corrected chi connectivity index (χ1v) is 7.24. The lowest BCUT2D eigenvalue weighted by Gasteiger charge is -2.31. The number of likely N-dealkylation sites (N-methyl/N-ethyl adjacent to an activating group) is 1. The molecule has 0 spiro atoms. The fraction of sp³-hybridized carbons (Fsp3) is 1.00. The molecule has 0 atom stereocenters. The van der Waals surface area contributed by atoms with Gasteiger partial charge in [0.25, 0.3) is 0 Å². The summed E-state index contributed by atoms with van der Waals surface area (Å²) < 4.78 is 0. The van der Waals surface area contributed by atoms with E-state index in [2.05, 4.69) is 23.8 Å². The summed E-state index contributed by atoms with van der Waals surface area (Å²) >= 11 is 0. The smallest absolute Gasteiger partial charge is 0.0110 e. The monoisotopic (exact) mass is 232 g/mol. The summed E-state index contributed by atoms with van der Waals surface area (Å²) in [5, 5.41) is 0. The summed E-state index contributed by atoms with van der Waals surface area (Å²) in [6, 6.07) is 0. The van der Waals surface area contributed by atoms with Crippen LogP contribution in [0.3, 0.4) is 0 Å². The predicted molar refractivity (Wildman–Crippen MR) is 78.3 cm³/mol. The predicted octanol–water partition coefficient (Wildman–Crippen LogP) is 3.72. The fourth-order valence-corrected chi connectivity index (χ4v) is 1.39. The van der Waals surface area contributed by atoms with E-state index in [1.807, 2.05) is 41.5 Å². The minimum Gasteiger partial charge on any atom is -0.304 e. The zero-order chi connectivity index (χ0) is 13.4. The molecule has 0 aromatic rings. The standard InChI is InChI=1S/C8H18N2.3C2H6/c1-3-4-10-7-5-9(2)6-8-10;3*1-2/h3-8H2,1-2H3;3*1-2H3. The minimum absolute atomic E-state index is 1.25. The van der Waals surface area contributed by atoms with Gasteiger partial charge in [-0.05, 0) is 20.0 Å². The van der Waals surface area contributed by atoms with Crippen molar-refractivity contribution in [3.05, 3.63) is 0 Å². The van der Waals surface area contributed by atoms with Crippen LogP contribution in [0.2, 0.25) is 0 Å². The van der Waals surface area contributed by atoms with E-state index in [-0.39, 0.29) is 0 Å². The van der Waals surface area contributed by atoms with E-state index in [1.165, 1.54) is 39.1 Å². The zero-order valence-electron chi connectivity index (χ0n) is 13.1. The van der Waals surface area contributed by atoms with Crippen molar-refractivity contribution in [1.29, 1.82) is 0 Å². The molecule has 2 nitrogen and oxygen atoms in total. The largest absolute Gasteiger partial charge is 0.304 e. The molecule has 0 aromatic carbocycles. The fourth-order valence-electron chi connectivity index (χ4n) is 1.39. The van der Waals surface area contributed by atoms with Crippen molar-refractivity contribution in [3.63, 3.8) is 0 Å². The number of nitrogens with zero attached hydrogens (tertiary/aromatic N) is 2. The second-order valence-corrected chi connectivity index (χ2v) is 3.14. The molecule has 2 heteroatoms. The van der Waals surface area contributed by atoms with Crippen LogP contribution < -0.4 is 0 Å². The molecule has 0 amide bonds. The van der Waals surface area contributed by atoms with Gasteiger partial charge in [0, 0.05) is 26.2 Å². The van der Waals surface area contributed by atoms with E-state index in [0.717, 1.165) is 0 Å². The van der Waals surface area contributed by atoms with Crippen LogP contribution >= 0.6 is 0 Å². The Morgan fingerprint density at radius 3 is 1.44 bits per heavy atom. The highest BCUT2D eigenvalue weighted by molar-refractivity contribution is 4.67. The second-order valence-electron chi connectivity index (χ2n) is 3.14. The number of piperazine rings is 1. The molecule has 0 unspecified atom stereocenters. The van der Waals surface area contributed by atoms with Crippen LogP contribution in [0.25, 0.3) is 0 Å². The van der Waals surface area contributed by atoms with Crippen molar-refractivity contribution in [2.24, 2.45) is 0 Å². The van der Waals surface area contributed by atoms with Gasteiger partial charge < -0.3 is 9.80 Å². The van der Waals surface area contributed by atoms with Crippen molar-refractivity contribution < 1.29 is 0 Å². The van der Waals surface area contributed by atoms with Crippen molar-refractivity contribution >= 4 is 0 Å². The van der Waals surface area contributed by atoms with E-state index in [9.17, 15) is 0 Å². The quantitative estimate of drug-likeness (QED) is 0.716. The van der Waals surface area contributed by atoms with Crippen LogP contribution in [-0.2, 0) is 0 Å². The molecule has 0 bridgehead atoms. The summed E-state index contributed by atoms with van der Waals surface area (Å²) in [5.41, 5.74) is 0. The molecule has 0 N–H and O–H groups in total.